The molecule has 0 amide bonds. The van der Waals surface area contributed by atoms with Gasteiger partial charge in [-0.2, -0.15) is 4.89 Å². The molecule has 0 saturated heterocycles. The van der Waals surface area contributed by atoms with Gasteiger partial charge in [0, 0.05) is 0 Å². The Balaban J connectivity index is 2.42. The minimum Gasteiger partial charge on any atom is -0.336 e. The molecule has 1 aromatic heterocycles. The van der Waals surface area contributed by atoms with Crippen LogP contribution in [0.5, 0.6) is 5.75 Å². The Morgan fingerprint density at radius 3 is 3.50 bits per heavy atom. The summed E-state index contributed by atoms with van der Waals surface area (Å²) in [5, 5.41) is 1.98. The molecule has 1 aliphatic rings. The van der Waals surface area contributed by atoms with Crippen LogP contribution in [0.1, 0.15) is 4.88 Å². The van der Waals surface area contributed by atoms with Gasteiger partial charge in [0.25, 0.3) is 0 Å². The molecular weight excluding hydrogens is 148 g/mol. The van der Waals surface area contributed by atoms with Gasteiger partial charge in [-0.3, -0.25) is 0 Å². The van der Waals surface area contributed by atoms with Crippen molar-refractivity contribution in [1.29, 1.82) is 0 Å². The van der Waals surface area contributed by atoms with Crippen LogP contribution in [0, 0.1) is 0 Å². The van der Waals surface area contributed by atoms with Crippen molar-refractivity contribution < 1.29 is 9.78 Å². The summed E-state index contributed by atoms with van der Waals surface area (Å²) in [6.45, 7) is 0.529. The van der Waals surface area contributed by atoms with E-state index in [1.807, 2.05) is 23.6 Å². The van der Waals surface area contributed by atoms with E-state index in [9.17, 15) is 0 Å². The summed E-state index contributed by atoms with van der Waals surface area (Å²) >= 11 is 1.65. The van der Waals surface area contributed by atoms with E-state index in [1.165, 1.54) is 0 Å². The Morgan fingerprint density at radius 1 is 1.50 bits per heavy atom. The molecule has 0 N–H and O–H groups in total. The van der Waals surface area contributed by atoms with E-state index in [2.05, 4.69) is 0 Å². The molecule has 1 aromatic rings. The van der Waals surface area contributed by atoms with Gasteiger partial charge >= 0.3 is 0 Å². The first-order valence-corrected chi connectivity index (χ1v) is 3.88. The summed E-state index contributed by atoms with van der Waals surface area (Å²) in [6.07, 6.45) is 3.94. The van der Waals surface area contributed by atoms with Crippen molar-refractivity contribution in [2.24, 2.45) is 0 Å². The summed E-state index contributed by atoms with van der Waals surface area (Å²) in [5.41, 5.74) is 0. The van der Waals surface area contributed by atoms with Crippen LogP contribution in [0.25, 0.3) is 6.08 Å². The van der Waals surface area contributed by atoms with E-state index in [1.54, 1.807) is 11.3 Å². The van der Waals surface area contributed by atoms with Crippen molar-refractivity contribution in [3.63, 3.8) is 0 Å². The maximum atomic E-state index is 4.94. The molecule has 10 heavy (non-hydrogen) atoms. The molecule has 0 aromatic carbocycles. The zero-order valence-electron chi connectivity index (χ0n) is 5.24. The third kappa shape index (κ3) is 0.936. The highest BCUT2D eigenvalue weighted by molar-refractivity contribution is 7.11. The van der Waals surface area contributed by atoms with Crippen molar-refractivity contribution in [2.45, 2.75) is 0 Å². The topological polar surface area (TPSA) is 18.5 Å². The Hall–Kier alpha value is -0.800. The number of thiophene rings is 1. The predicted octanol–water partition coefficient (Wildman–Crippen LogP) is 2.09. The van der Waals surface area contributed by atoms with Crippen LogP contribution in [-0.2, 0) is 4.89 Å². The highest BCUT2D eigenvalue weighted by atomic mass is 32.1. The normalized spacial score (nSPS) is 15.6. The highest BCUT2D eigenvalue weighted by Gasteiger charge is 2.05. The Morgan fingerprint density at radius 2 is 2.50 bits per heavy atom. The molecule has 2 heterocycles. The van der Waals surface area contributed by atoms with Crippen LogP contribution in [0.3, 0.4) is 0 Å². The van der Waals surface area contributed by atoms with Gasteiger partial charge in [-0.25, -0.2) is 0 Å². The third-order valence-electron chi connectivity index (χ3n) is 1.24. The average molecular weight is 154 g/mol. The molecule has 0 saturated carbocycles. The minimum absolute atomic E-state index is 0.529. The van der Waals surface area contributed by atoms with Crippen LogP contribution in [-0.4, -0.2) is 6.61 Å². The SMILES string of the molecule is C1=Cc2sccc2OOC1. The van der Waals surface area contributed by atoms with E-state index in [0.29, 0.717) is 6.61 Å². The maximum absolute atomic E-state index is 4.94. The smallest absolute Gasteiger partial charge is 0.183 e. The minimum atomic E-state index is 0.529. The van der Waals surface area contributed by atoms with Crippen molar-refractivity contribution in [3.8, 4) is 5.75 Å². The molecule has 0 aliphatic carbocycles. The second kappa shape index (κ2) is 2.44. The Bertz CT molecular complexity index is 252. The monoisotopic (exact) mass is 154 g/mol. The largest absolute Gasteiger partial charge is 0.336 e. The first kappa shape index (κ1) is 5.95. The number of fused-ring (bicyclic) bond motifs is 1. The van der Waals surface area contributed by atoms with Gasteiger partial charge in [0.1, 0.15) is 6.61 Å². The lowest BCUT2D eigenvalue weighted by Crippen LogP contribution is -1.93. The van der Waals surface area contributed by atoms with E-state index < -0.39 is 0 Å². The van der Waals surface area contributed by atoms with Crippen LogP contribution in [0.15, 0.2) is 17.5 Å². The molecule has 0 spiro atoms. The van der Waals surface area contributed by atoms with E-state index in [0.717, 1.165) is 10.6 Å². The van der Waals surface area contributed by atoms with Gasteiger partial charge in [0.05, 0.1) is 4.88 Å². The predicted molar refractivity (Wildman–Crippen MR) is 39.9 cm³/mol. The average Bonchev–Trinajstić information content (AvgIpc) is 2.28. The first-order valence-electron chi connectivity index (χ1n) is 3.00. The highest BCUT2D eigenvalue weighted by Crippen LogP contribution is 2.27. The standard InChI is InChI=1S/C7H6O2S/c1-2-7-6(3-5-10-7)9-8-4-1/h1-3,5H,4H2. The Labute approximate surface area is 62.6 Å². The maximum Gasteiger partial charge on any atom is 0.183 e. The summed E-state index contributed by atoms with van der Waals surface area (Å²) in [7, 11) is 0. The molecule has 0 radical (unpaired) electrons. The lowest BCUT2D eigenvalue weighted by atomic mass is 10.4. The second-order valence-electron chi connectivity index (χ2n) is 1.92. The molecule has 0 fully saturated rings. The number of hydrogen-bond donors (Lipinski definition) is 0. The first-order chi connectivity index (χ1) is 4.97. The van der Waals surface area contributed by atoms with E-state index in [-0.39, 0.29) is 0 Å². The second-order valence-corrected chi connectivity index (χ2v) is 2.87. The lowest BCUT2D eigenvalue weighted by molar-refractivity contribution is -0.194. The summed E-state index contributed by atoms with van der Waals surface area (Å²) in [5.74, 6) is 0.818. The molecule has 1 aliphatic heterocycles. The van der Waals surface area contributed by atoms with E-state index >= 15 is 0 Å². The van der Waals surface area contributed by atoms with E-state index in [4.69, 9.17) is 9.78 Å². The van der Waals surface area contributed by atoms with Gasteiger partial charge in [-0.15, -0.1) is 11.3 Å². The fourth-order valence-electron chi connectivity index (χ4n) is 0.792. The van der Waals surface area contributed by atoms with Crippen molar-refractivity contribution in [2.75, 3.05) is 6.61 Å². The molecule has 0 atom stereocenters. The molecule has 2 nitrogen and oxygen atoms in total. The molecule has 0 unspecified atom stereocenters. The molecule has 52 valence electrons. The zero-order valence-corrected chi connectivity index (χ0v) is 6.06. The van der Waals surface area contributed by atoms with Gasteiger partial charge in [0.2, 0.25) is 0 Å². The lowest BCUT2D eigenvalue weighted by Gasteiger charge is -1.96. The zero-order chi connectivity index (χ0) is 6.81. The van der Waals surface area contributed by atoms with Gasteiger partial charge in [0.15, 0.2) is 5.75 Å². The molecule has 3 heteroatoms. The fourth-order valence-corrected chi connectivity index (χ4v) is 1.52. The van der Waals surface area contributed by atoms with Crippen molar-refractivity contribution in [3.05, 3.63) is 22.4 Å². The summed E-state index contributed by atoms with van der Waals surface area (Å²) in [4.78, 5) is 10.9. The van der Waals surface area contributed by atoms with Crippen LogP contribution >= 0.6 is 11.3 Å². The summed E-state index contributed by atoms with van der Waals surface area (Å²) < 4.78 is 0. The third-order valence-corrected chi connectivity index (χ3v) is 2.10. The molecule has 2 rings (SSSR count). The fraction of sp³-hybridized carbons (Fsp3) is 0.143. The number of rotatable bonds is 0. The van der Waals surface area contributed by atoms with Gasteiger partial charge in [-0.05, 0) is 17.5 Å². The van der Waals surface area contributed by atoms with Gasteiger partial charge < -0.3 is 4.89 Å². The summed E-state index contributed by atoms with van der Waals surface area (Å²) in [6, 6.07) is 1.90. The molecular formula is C7H6O2S. The van der Waals surface area contributed by atoms with Crippen LogP contribution < -0.4 is 4.89 Å². The van der Waals surface area contributed by atoms with Crippen molar-refractivity contribution >= 4 is 17.4 Å². The molecule has 0 bridgehead atoms. The van der Waals surface area contributed by atoms with Crippen LogP contribution in [0.2, 0.25) is 0 Å². The quantitative estimate of drug-likeness (QED) is 0.533. The van der Waals surface area contributed by atoms with Crippen LogP contribution in [0.4, 0.5) is 0 Å². The van der Waals surface area contributed by atoms with Crippen molar-refractivity contribution in [1.82, 2.24) is 0 Å². The Kier molecular flexibility index (Phi) is 1.45. The van der Waals surface area contributed by atoms with Gasteiger partial charge in [-0.1, -0.05) is 6.08 Å². The number of hydrogen-bond acceptors (Lipinski definition) is 3.